The van der Waals surface area contributed by atoms with Gasteiger partial charge in [-0.15, -0.1) is 0 Å². The maximum atomic E-state index is 11.0. The normalized spacial score (nSPS) is 39.0. The topological polar surface area (TPSA) is 26.3 Å². The number of hydrogen-bond donors (Lipinski definition) is 0. The van der Waals surface area contributed by atoms with Crippen molar-refractivity contribution >= 4 is 17.9 Å². The summed E-state index contributed by atoms with van der Waals surface area (Å²) >= 11 is 5.73. The van der Waals surface area contributed by atoms with E-state index in [1.165, 1.54) is 0 Å². The lowest BCUT2D eigenvalue weighted by Gasteiger charge is -2.24. The highest BCUT2D eigenvalue weighted by molar-refractivity contribution is 6.29. The lowest BCUT2D eigenvalue weighted by molar-refractivity contribution is -0.118. The smallest absolute Gasteiger partial charge is 0.129 e. The molecular weight excluding hydrogens is 188 g/mol. The van der Waals surface area contributed by atoms with Crippen LogP contribution in [0.15, 0.2) is 11.6 Å². The molecule has 1 heterocycles. The Morgan fingerprint density at radius 1 is 1.77 bits per heavy atom. The maximum Gasteiger partial charge on any atom is 0.129 e. The van der Waals surface area contributed by atoms with E-state index in [0.717, 1.165) is 12.7 Å². The third-order valence-corrected chi connectivity index (χ3v) is 2.80. The minimum absolute atomic E-state index is 0.0597. The number of rotatable bonds is 3. The highest BCUT2D eigenvalue weighted by atomic mass is 35.5. The van der Waals surface area contributed by atoms with Crippen LogP contribution in [0, 0.1) is 5.41 Å². The number of aldehydes is 1. The summed E-state index contributed by atoms with van der Waals surface area (Å²) in [5.41, 5.74) is -0.446. The van der Waals surface area contributed by atoms with Crippen LogP contribution in [0.1, 0.15) is 26.7 Å². The van der Waals surface area contributed by atoms with Crippen LogP contribution in [-0.2, 0) is 9.53 Å². The number of halogens is 1. The van der Waals surface area contributed by atoms with Crippen molar-refractivity contribution in [2.45, 2.75) is 38.9 Å². The Kier molecular flexibility index (Phi) is 3.14. The van der Waals surface area contributed by atoms with Crippen LogP contribution in [0.3, 0.4) is 0 Å². The molecule has 1 saturated heterocycles. The van der Waals surface area contributed by atoms with Crippen molar-refractivity contribution in [2.75, 3.05) is 0 Å². The summed E-state index contributed by atoms with van der Waals surface area (Å²) in [6.07, 6.45) is 2.30. The molecule has 1 aliphatic rings. The standard InChI is InChI=1S/C10H15ClO2/c1-7(11)4-10(6-12)5-8(2)13-9(10)3/h6,8-9H,1,4-5H2,2-3H3. The van der Waals surface area contributed by atoms with Crippen LogP contribution in [0.2, 0.25) is 0 Å². The summed E-state index contributed by atoms with van der Waals surface area (Å²) in [5.74, 6) is 0. The Hall–Kier alpha value is -0.340. The molecule has 3 unspecified atom stereocenters. The first-order valence-corrected chi connectivity index (χ1v) is 4.83. The highest BCUT2D eigenvalue weighted by Crippen LogP contribution is 2.41. The van der Waals surface area contributed by atoms with Gasteiger partial charge in [-0.2, -0.15) is 0 Å². The molecule has 0 N–H and O–H groups in total. The van der Waals surface area contributed by atoms with Gasteiger partial charge < -0.3 is 9.53 Å². The molecule has 3 heteroatoms. The van der Waals surface area contributed by atoms with Gasteiger partial charge in [0.05, 0.1) is 17.6 Å². The molecule has 74 valence electrons. The predicted octanol–water partition coefficient (Wildman–Crippen LogP) is 2.51. The molecule has 13 heavy (non-hydrogen) atoms. The van der Waals surface area contributed by atoms with Gasteiger partial charge in [-0.3, -0.25) is 0 Å². The summed E-state index contributed by atoms with van der Waals surface area (Å²) in [7, 11) is 0. The molecule has 0 saturated carbocycles. The zero-order valence-corrected chi connectivity index (χ0v) is 8.80. The van der Waals surface area contributed by atoms with Crippen molar-refractivity contribution in [1.82, 2.24) is 0 Å². The third-order valence-electron chi connectivity index (χ3n) is 2.67. The fraction of sp³-hybridized carbons (Fsp3) is 0.700. The lowest BCUT2D eigenvalue weighted by Crippen LogP contribution is -2.30. The molecule has 3 atom stereocenters. The molecule has 1 rings (SSSR count). The Morgan fingerprint density at radius 3 is 2.69 bits per heavy atom. The minimum atomic E-state index is -0.446. The van der Waals surface area contributed by atoms with Gasteiger partial charge in [0.15, 0.2) is 0 Å². The van der Waals surface area contributed by atoms with Crippen molar-refractivity contribution in [2.24, 2.45) is 5.41 Å². The molecular formula is C10H15ClO2. The molecule has 2 nitrogen and oxygen atoms in total. The predicted molar refractivity (Wildman–Crippen MR) is 52.7 cm³/mol. The van der Waals surface area contributed by atoms with E-state index in [4.69, 9.17) is 16.3 Å². The van der Waals surface area contributed by atoms with Gasteiger partial charge in [0, 0.05) is 5.03 Å². The second-order valence-electron chi connectivity index (χ2n) is 3.84. The van der Waals surface area contributed by atoms with E-state index in [0.29, 0.717) is 11.5 Å². The van der Waals surface area contributed by atoms with Crippen molar-refractivity contribution in [1.29, 1.82) is 0 Å². The van der Waals surface area contributed by atoms with Gasteiger partial charge in [0.2, 0.25) is 0 Å². The number of carbonyl (C=O) groups is 1. The van der Waals surface area contributed by atoms with Crippen LogP contribution < -0.4 is 0 Å². The van der Waals surface area contributed by atoms with E-state index in [1.54, 1.807) is 0 Å². The average molecular weight is 203 g/mol. The second-order valence-corrected chi connectivity index (χ2v) is 4.37. The number of ether oxygens (including phenoxy) is 1. The maximum absolute atomic E-state index is 11.0. The van der Waals surface area contributed by atoms with Crippen LogP contribution in [0.25, 0.3) is 0 Å². The van der Waals surface area contributed by atoms with Crippen molar-refractivity contribution in [3.8, 4) is 0 Å². The summed E-state index contributed by atoms with van der Waals surface area (Å²) in [4.78, 5) is 11.0. The Balaban J connectivity index is 2.80. The van der Waals surface area contributed by atoms with Crippen LogP contribution >= 0.6 is 11.6 Å². The Morgan fingerprint density at radius 2 is 2.38 bits per heavy atom. The van der Waals surface area contributed by atoms with Gasteiger partial charge in [-0.25, -0.2) is 0 Å². The average Bonchev–Trinajstić information content (AvgIpc) is 2.26. The second kappa shape index (κ2) is 3.81. The third kappa shape index (κ3) is 2.12. The van der Waals surface area contributed by atoms with Gasteiger partial charge in [-0.05, 0) is 26.7 Å². The fourth-order valence-corrected chi connectivity index (χ4v) is 2.24. The molecule has 0 aromatic rings. The summed E-state index contributed by atoms with van der Waals surface area (Å²) < 4.78 is 5.54. The van der Waals surface area contributed by atoms with E-state index in [-0.39, 0.29) is 12.2 Å². The van der Waals surface area contributed by atoms with Gasteiger partial charge >= 0.3 is 0 Å². The van der Waals surface area contributed by atoms with E-state index >= 15 is 0 Å². The zero-order valence-electron chi connectivity index (χ0n) is 8.05. The molecule has 0 aromatic carbocycles. The summed E-state index contributed by atoms with van der Waals surface area (Å²) in [5, 5.41) is 0.525. The van der Waals surface area contributed by atoms with Crippen molar-refractivity contribution in [3.63, 3.8) is 0 Å². The van der Waals surface area contributed by atoms with Crippen LogP contribution in [0.4, 0.5) is 0 Å². The summed E-state index contributed by atoms with van der Waals surface area (Å²) in [6, 6.07) is 0. The lowest BCUT2D eigenvalue weighted by atomic mass is 9.79. The molecule has 0 spiro atoms. The number of carbonyl (C=O) groups excluding carboxylic acids is 1. The molecule has 1 fully saturated rings. The highest BCUT2D eigenvalue weighted by Gasteiger charge is 2.44. The van der Waals surface area contributed by atoms with Crippen LogP contribution in [-0.4, -0.2) is 18.5 Å². The van der Waals surface area contributed by atoms with Crippen molar-refractivity contribution in [3.05, 3.63) is 11.6 Å². The van der Waals surface area contributed by atoms with Crippen LogP contribution in [0.5, 0.6) is 0 Å². The fourth-order valence-electron chi connectivity index (χ4n) is 1.99. The molecule has 0 bridgehead atoms. The molecule has 1 aliphatic heterocycles. The Labute approximate surface area is 83.9 Å². The largest absolute Gasteiger partial charge is 0.374 e. The minimum Gasteiger partial charge on any atom is -0.374 e. The monoisotopic (exact) mass is 202 g/mol. The Bertz CT molecular complexity index is 227. The van der Waals surface area contributed by atoms with E-state index in [2.05, 4.69) is 6.58 Å². The van der Waals surface area contributed by atoms with E-state index < -0.39 is 5.41 Å². The van der Waals surface area contributed by atoms with Gasteiger partial charge in [-0.1, -0.05) is 18.2 Å². The van der Waals surface area contributed by atoms with Gasteiger partial charge in [0.1, 0.15) is 6.29 Å². The quantitative estimate of drug-likeness (QED) is 0.658. The van der Waals surface area contributed by atoms with Gasteiger partial charge in [0.25, 0.3) is 0 Å². The molecule has 0 amide bonds. The summed E-state index contributed by atoms with van der Waals surface area (Å²) in [6.45, 7) is 7.51. The molecule has 0 radical (unpaired) electrons. The first-order chi connectivity index (χ1) is 6.00. The number of hydrogen-bond acceptors (Lipinski definition) is 2. The SMILES string of the molecule is C=C(Cl)CC1(C=O)CC(C)OC1C. The molecule has 0 aromatic heterocycles. The first-order valence-electron chi connectivity index (χ1n) is 4.45. The van der Waals surface area contributed by atoms with E-state index in [1.807, 2.05) is 13.8 Å². The van der Waals surface area contributed by atoms with Crippen molar-refractivity contribution < 1.29 is 9.53 Å². The molecule has 0 aliphatic carbocycles. The number of allylic oxidation sites excluding steroid dienone is 1. The first kappa shape index (κ1) is 10.7. The van der Waals surface area contributed by atoms with E-state index in [9.17, 15) is 4.79 Å². The zero-order chi connectivity index (χ0) is 10.1.